The molecule has 6 aromatic rings. The van der Waals surface area contributed by atoms with Crippen LogP contribution in [0.3, 0.4) is 0 Å². The van der Waals surface area contributed by atoms with Gasteiger partial charge in [0.05, 0.1) is 40.8 Å². The molecule has 3 amide bonds. The molecule has 4 aliphatic rings. The Balaban J connectivity index is 1.07. The highest BCUT2D eigenvalue weighted by molar-refractivity contribution is 6.71. The van der Waals surface area contributed by atoms with Crippen LogP contribution in [0.2, 0.25) is 18.6 Å². The molecule has 0 bridgehead atoms. The minimum Gasteiger partial charge on any atom is -0.454 e. The van der Waals surface area contributed by atoms with Crippen molar-refractivity contribution < 1.29 is 38.5 Å². The lowest BCUT2D eigenvalue weighted by molar-refractivity contribution is -0.146. The van der Waals surface area contributed by atoms with E-state index in [0.29, 0.717) is 68.1 Å². The molecule has 0 radical (unpaired) electrons. The number of ether oxygens (including phenoxy) is 3. The summed E-state index contributed by atoms with van der Waals surface area (Å²) in [5, 5.41) is 10.2. The topological polar surface area (TPSA) is 129 Å². The molecular weight excluding hydrogens is 787 g/mol. The van der Waals surface area contributed by atoms with Crippen molar-refractivity contribution in [2.45, 2.75) is 50.2 Å². The minimum absolute atomic E-state index is 0.168. The van der Waals surface area contributed by atoms with Gasteiger partial charge in [0, 0.05) is 35.0 Å². The molecule has 1 saturated heterocycles. The van der Waals surface area contributed by atoms with Crippen molar-refractivity contribution in [2.24, 2.45) is 5.92 Å². The van der Waals surface area contributed by atoms with E-state index in [1.165, 1.54) is 0 Å². The Hall–Kier alpha value is -6.57. The molecule has 0 saturated carbocycles. The highest BCUT2D eigenvalue weighted by Gasteiger charge is 2.66. The number of hydrogen-bond donors (Lipinski definition) is 2. The van der Waals surface area contributed by atoms with E-state index in [1.807, 2.05) is 129 Å². The maximum Gasteiger partial charge on any atom is 0.266 e. The molecular formula is C49H43N3O8Si. The van der Waals surface area contributed by atoms with Crippen molar-refractivity contribution in [1.29, 1.82) is 0 Å². The molecule has 2 N–H and O–H groups in total. The first-order chi connectivity index (χ1) is 29.5. The number of benzene rings is 6. The van der Waals surface area contributed by atoms with Crippen molar-refractivity contribution >= 4 is 54.5 Å². The molecule has 0 aromatic heterocycles. The average Bonchev–Trinajstić information content (AvgIpc) is 3.57. The number of anilines is 5. The zero-order valence-electron chi connectivity index (χ0n) is 33.8. The monoisotopic (exact) mass is 829 g/mol. The second-order valence-electron chi connectivity index (χ2n) is 16.5. The number of carbonyl (C=O) groups is 3. The van der Waals surface area contributed by atoms with E-state index >= 15 is 4.79 Å². The van der Waals surface area contributed by atoms with Crippen LogP contribution in [0.4, 0.5) is 28.4 Å². The van der Waals surface area contributed by atoms with Gasteiger partial charge in [0.1, 0.15) is 11.5 Å². The first-order valence-corrected chi connectivity index (χ1v) is 23.5. The molecule has 4 aliphatic heterocycles. The standard InChI is InChI=1S/C49H43N3O8Si/c1-30-45(61(2,3)57)44(26-27-53)60-49(30)36-28-33(52-39-15-7-11-19-43(39)59-41-17-9-5-13-35(41)47(52)55)24-25-37(36)50(48(49)56)29-31-20-22-32(23-21-31)51-38-14-6-10-18-42(38)58-40-16-8-4-12-34(40)46(51)54/h4-25,28,30,44-45,53,57H,26-27,29H2,1-3H3/t30-,44+,45-,49+/m0/s1. The Kier molecular flexibility index (Phi) is 9.22. The van der Waals surface area contributed by atoms with E-state index in [2.05, 4.69) is 0 Å². The van der Waals surface area contributed by atoms with E-state index in [0.717, 1.165) is 5.56 Å². The van der Waals surface area contributed by atoms with Gasteiger partial charge in [-0.1, -0.05) is 67.6 Å². The molecule has 11 nitrogen and oxygen atoms in total. The highest BCUT2D eigenvalue weighted by Crippen LogP contribution is 2.60. The molecule has 0 aliphatic carbocycles. The van der Waals surface area contributed by atoms with Gasteiger partial charge in [0.15, 0.2) is 25.4 Å². The van der Waals surface area contributed by atoms with Crippen molar-refractivity contribution in [3.8, 4) is 23.0 Å². The van der Waals surface area contributed by atoms with Gasteiger partial charge in [-0.3, -0.25) is 24.2 Å². The summed E-state index contributed by atoms with van der Waals surface area (Å²) in [6.07, 6.45) is -0.340. The van der Waals surface area contributed by atoms with Crippen molar-refractivity contribution in [2.75, 3.05) is 21.3 Å². The zero-order chi connectivity index (χ0) is 42.2. The van der Waals surface area contributed by atoms with Crippen LogP contribution < -0.4 is 24.2 Å². The van der Waals surface area contributed by atoms with Crippen molar-refractivity contribution in [3.63, 3.8) is 0 Å². The number of aliphatic hydroxyl groups excluding tert-OH is 1. The van der Waals surface area contributed by atoms with Crippen molar-refractivity contribution in [1.82, 2.24) is 0 Å². The number of aliphatic hydroxyl groups is 1. The third-order valence-corrected chi connectivity index (χ3v) is 15.0. The predicted molar refractivity (Wildman–Crippen MR) is 234 cm³/mol. The molecule has 0 unspecified atom stereocenters. The summed E-state index contributed by atoms with van der Waals surface area (Å²) in [6, 6.07) is 42.1. The fraction of sp³-hybridized carbons (Fsp3) is 0.204. The molecule has 61 heavy (non-hydrogen) atoms. The smallest absolute Gasteiger partial charge is 0.266 e. The van der Waals surface area contributed by atoms with Gasteiger partial charge >= 0.3 is 0 Å². The fourth-order valence-corrected chi connectivity index (χ4v) is 12.4. The molecule has 4 heterocycles. The van der Waals surface area contributed by atoms with E-state index in [4.69, 9.17) is 14.2 Å². The first kappa shape index (κ1) is 38.6. The molecule has 10 rings (SSSR count). The summed E-state index contributed by atoms with van der Waals surface area (Å²) < 4.78 is 19.4. The van der Waals surface area contributed by atoms with Gasteiger partial charge in [0.25, 0.3) is 17.7 Å². The zero-order valence-corrected chi connectivity index (χ0v) is 34.8. The average molecular weight is 830 g/mol. The number of hydrogen-bond acceptors (Lipinski definition) is 8. The van der Waals surface area contributed by atoms with Crippen LogP contribution >= 0.6 is 0 Å². The number of nitrogens with zero attached hydrogens (tertiary/aromatic N) is 3. The molecule has 1 spiro atoms. The van der Waals surface area contributed by atoms with E-state index in [-0.39, 0.29) is 42.8 Å². The van der Waals surface area contributed by atoms with Gasteiger partial charge in [-0.05, 0) is 104 Å². The van der Waals surface area contributed by atoms with Gasteiger partial charge in [-0.25, -0.2) is 0 Å². The maximum absolute atomic E-state index is 15.3. The summed E-state index contributed by atoms with van der Waals surface area (Å²) in [5.74, 6) is 0.661. The van der Waals surface area contributed by atoms with Crippen LogP contribution in [-0.4, -0.2) is 48.7 Å². The lowest BCUT2D eigenvalue weighted by Gasteiger charge is -2.32. The second kappa shape index (κ2) is 14.6. The number of fused-ring (bicyclic) bond motifs is 6. The quantitative estimate of drug-likeness (QED) is 0.152. The molecule has 1 fully saturated rings. The Morgan fingerprint density at radius 3 is 1.70 bits per heavy atom. The third kappa shape index (κ3) is 6.08. The lowest BCUT2D eigenvalue weighted by Crippen LogP contribution is -2.46. The summed E-state index contributed by atoms with van der Waals surface area (Å²) in [4.78, 5) is 60.7. The number of amides is 3. The van der Waals surface area contributed by atoms with Crippen LogP contribution in [0.15, 0.2) is 140 Å². The Morgan fingerprint density at radius 2 is 1.15 bits per heavy atom. The minimum atomic E-state index is -2.99. The Labute approximate surface area is 354 Å². The number of para-hydroxylation sites is 6. The van der Waals surface area contributed by atoms with Gasteiger partial charge < -0.3 is 29.0 Å². The maximum atomic E-state index is 15.3. The van der Waals surface area contributed by atoms with Crippen LogP contribution in [0, 0.1) is 5.92 Å². The van der Waals surface area contributed by atoms with Gasteiger partial charge in [-0.2, -0.15) is 0 Å². The van der Waals surface area contributed by atoms with Gasteiger partial charge in [0.2, 0.25) is 0 Å². The fourth-order valence-electron chi connectivity index (χ4n) is 9.82. The van der Waals surface area contributed by atoms with Crippen LogP contribution in [-0.2, 0) is 21.7 Å². The molecule has 6 aromatic carbocycles. The Bertz CT molecular complexity index is 2750. The largest absolute Gasteiger partial charge is 0.454 e. The van der Waals surface area contributed by atoms with Crippen LogP contribution in [0.5, 0.6) is 23.0 Å². The molecule has 4 atom stereocenters. The third-order valence-electron chi connectivity index (χ3n) is 12.5. The summed E-state index contributed by atoms with van der Waals surface area (Å²) in [5.41, 5.74) is 3.19. The normalized spacial score (nSPS) is 21.5. The number of carbonyl (C=O) groups excluding carboxylic acids is 3. The molecule has 12 heteroatoms. The molecule has 306 valence electrons. The number of rotatable bonds is 7. The van der Waals surface area contributed by atoms with Crippen molar-refractivity contribution in [3.05, 3.63) is 162 Å². The van der Waals surface area contributed by atoms with E-state index in [1.54, 1.807) is 45.0 Å². The van der Waals surface area contributed by atoms with Crippen LogP contribution in [0.25, 0.3) is 0 Å². The lowest BCUT2D eigenvalue weighted by atomic mass is 9.82. The summed E-state index contributed by atoms with van der Waals surface area (Å²) in [7, 11) is -2.99. The second-order valence-corrected chi connectivity index (χ2v) is 20.5. The van der Waals surface area contributed by atoms with E-state index in [9.17, 15) is 19.5 Å². The summed E-state index contributed by atoms with van der Waals surface area (Å²) >= 11 is 0. The summed E-state index contributed by atoms with van der Waals surface area (Å²) in [6.45, 7) is 5.64. The van der Waals surface area contributed by atoms with E-state index < -0.39 is 25.9 Å². The van der Waals surface area contributed by atoms with Gasteiger partial charge in [-0.15, -0.1) is 0 Å². The Morgan fingerprint density at radius 1 is 0.639 bits per heavy atom. The highest BCUT2D eigenvalue weighted by atomic mass is 28.4. The predicted octanol–water partition coefficient (Wildman–Crippen LogP) is 9.58. The van der Waals surface area contributed by atoms with Crippen LogP contribution in [0.1, 0.15) is 45.2 Å². The SMILES string of the molecule is C[C@H]1[C@H]([Si](C)(C)O)[C@@H](CCO)O[C@]12C(=O)N(Cc1ccc(N3C(=O)c4ccccc4Oc4ccccc43)cc1)c1ccc(N3C(=O)c4ccccc4Oc4ccccc43)cc12. The first-order valence-electron chi connectivity index (χ1n) is 20.5.